The van der Waals surface area contributed by atoms with E-state index in [4.69, 9.17) is 0 Å². The molecule has 0 saturated heterocycles. The second-order valence-corrected chi connectivity index (χ2v) is 8.17. The molecule has 1 heterocycles. The van der Waals surface area contributed by atoms with Crippen molar-refractivity contribution in [1.29, 1.82) is 0 Å². The minimum absolute atomic E-state index is 0.171. The highest BCUT2D eigenvalue weighted by molar-refractivity contribution is 7.99. The maximum atomic E-state index is 12.4. The van der Waals surface area contributed by atoms with E-state index in [1.165, 1.54) is 17.3 Å². The first-order valence-electron chi connectivity index (χ1n) is 10.2. The van der Waals surface area contributed by atoms with Crippen molar-refractivity contribution in [3.8, 4) is 17.1 Å². The highest BCUT2D eigenvalue weighted by atomic mass is 32.2. The van der Waals surface area contributed by atoms with Crippen LogP contribution in [-0.4, -0.2) is 32.1 Å². The molecule has 0 atom stereocenters. The first-order chi connectivity index (χ1) is 15.6. The first kappa shape index (κ1) is 21.5. The van der Waals surface area contributed by atoms with E-state index in [2.05, 4.69) is 20.7 Å². The lowest BCUT2D eigenvalue weighted by molar-refractivity contribution is -0.118. The number of amides is 1. The quantitative estimate of drug-likeness (QED) is 0.252. The molecule has 160 valence electrons. The van der Waals surface area contributed by atoms with Crippen molar-refractivity contribution in [1.82, 2.24) is 20.2 Å². The third kappa shape index (κ3) is 5.12. The van der Waals surface area contributed by atoms with Gasteiger partial charge >= 0.3 is 0 Å². The van der Waals surface area contributed by atoms with E-state index in [9.17, 15) is 4.79 Å². The lowest BCUT2D eigenvalue weighted by atomic mass is 10.1. The van der Waals surface area contributed by atoms with E-state index >= 15 is 0 Å². The molecule has 0 radical (unpaired) electrons. The predicted octanol–water partition coefficient (Wildman–Crippen LogP) is 4.88. The number of benzene rings is 3. The van der Waals surface area contributed by atoms with E-state index in [1.54, 1.807) is 0 Å². The molecule has 0 bridgehead atoms. The Kier molecular flexibility index (Phi) is 6.77. The normalized spacial score (nSPS) is 11.4. The number of carbonyl (C=O) groups is 1. The van der Waals surface area contributed by atoms with Crippen LogP contribution in [0.25, 0.3) is 17.1 Å². The largest absolute Gasteiger partial charge is 0.272 e. The van der Waals surface area contributed by atoms with E-state index < -0.39 is 0 Å². The maximum Gasteiger partial charge on any atom is 0.250 e. The van der Waals surface area contributed by atoms with Crippen molar-refractivity contribution < 1.29 is 4.79 Å². The molecule has 1 amide bonds. The molecule has 0 fully saturated rings. The van der Waals surface area contributed by atoms with E-state index in [0.717, 1.165) is 28.4 Å². The fourth-order valence-electron chi connectivity index (χ4n) is 3.12. The van der Waals surface area contributed by atoms with E-state index in [1.807, 2.05) is 103 Å². The molecule has 6 nitrogen and oxygen atoms in total. The smallest absolute Gasteiger partial charge is 0.250 e. The summed E-state index contributed by atoms with van der Waals surface area (Å²) in [5.41, 5.74) is 7.42. The van der Waals surface area contributed by atoms with Gasteiger partial charge in [0.2, 0.25) is 0 Å². The van der Waals surface area contributed by atoms with Crippen molar-refractivity contribution in [2.24, 2.45) is 5.10 Å². The SMILES string of the molecule is C/C(=N/NC(=O)CSc1nnc(-c2ccc(C)cc2)n1-c1ccccc1)c1ccccc1. The van der Waals surface area contributed by atoms with Crippen LogP contribution in [0.15, 0.2) is 95.2 Å². The van der Waals surface area contributed by atoms with Crippen LogP contribution in [0.2, 0.25) is 0 Å². The molecule has 0 aliphatic carbocycles. The molecule has 0 aliphatic rings. The zero-order valence-electron chi connectivity index (χ0n) is 17.9. The van der Waals surface area contributed by atoms with Crippen molar-refractivity contribution in [2.75, 3.05) is 5.75 Å². The third-order valence-electron chi connectivity index (χ3n) is 4.83. The van der Waals surface area contributed by atoms with Crippen molar-refractivity contribution in [3.63, 3.8) is 0 Å². The summed E-state index contributed by atoms with van der Waals surface area (Å²) >= 11 is 1.32. The second kappa shape index (κ2) is 10.1. The molecule has 4 aromatic rings. The number of aryl methyl sites for hydroxylation is 1. The van der Waals surface area contributed by atoms with Gasteiger partial charge in [-0.05, 0) is 31.5 Å². The van der Waals surface area contributed by atoms with Gasteiger partial charge in [0.15, 0.2) is 11.0 Å². The van der Waals surface area contributed by atoms with Gasteiger partial charge in [-0.1, -0.05) is 90.1 Å². The van der Waals surface area contributed by atoms with Gasteiger partial charge < -0.3 is 0 Å². The number of nitrogens with zero attached hydrogens (tertiary/aromatic N) is 4. The van der Waals surface area contributed by atoms with E-state index in [-0.39, 0.29) is 11.7 Å². The monoisotopic (exact) mass is 441 g/mol. The van der Waals surface area contributed by atoms with Gasteiger partial charge in [0.25, 0.3) is 5.91 Å². The van der Waals surface area contributed by atoms with E-state index in [0.29, 0.717) is 5.16 Å². The van der Waals surface area contributed by atoms with Crippen molar-refractivity contribution in [3.05, 3.63) is 96.1 Å². The maximum absolute atomic E-state index is 12.4. The fraction of sp³-hybridized carbons (Fsp3) is 0.120. The average Bonchev–Trinajstić information content (AvgIpc) is 3.26. The highest BCUT2D eigenvalue weighted by Gasteiger charge is 2.17. The number of hydrogen-bond acceptors (Lipinski definition) is 5. The minimum Gasteiger partial charge on any atom is -0.272 e. The summed E-state index contributed by atoms with van der Waals surface area (Å²) in [4.78, 5) is 12.4. The summed E-state index contributed by atoms with van der Waals surface area (Å²) in [7, 11) is 0. The Labute approximate surface area is 191 Å². The average molecular weight is 442 g/mol. The van der Waals surface area contributed by atoms with Gasteiger partial charge in [-0.2, -0.15) is 5.10 Å². The molecule has 1 aromatic heterocycles. The first-order valence-corrected chi connectivity index (χ1v) is 11.2. The van der Waals surface area contributed by atoms with Crippen LogP contribution in [0.3, 0.4) is 0 Å². The molecule has 0 aliphatic heterocycles. The third-order valence-corrected chi connectivity index (χ3v) is 5.76. The van der Waals surface area contributed by atoms with Crippen LogP contribution in [0.4, 0.5) is 0 Å². The Balaban J connectivity index is 1.52. The summed E-state index contributed by atoms with van der Waals surface area (Å²) in [6.07, 6.45) is 0. The lowest BCUT2D eigenvalue weighted by Gasteiger charge is -2.10. The highest BCUT2D eigenvalue weighted by Crippen LogP contribution is 2.28. The van der Waals surface area contributed by atoms with Crippen LogP contribution in [0.5, 0.6) is 0 Å². The number of para-hydroxylation sites is 1. The number of thioether (sulfide) groups is 1. The number of aromatic nitrogens is 3. The van der Waals surface area contributed by atoms with Crippen molar-refractivity contribution >= 4 is 23.4 Å². The van der Waals surface area contributed by atoms with Gasteiger partial charge in [0.1, 0.15) is 0 Å². The van der Waals surface area contributed by atoms with Crippen LogP contribution < -0.4 is 5.43 Å². The molecule has 3 aromatic carbocycles. The molecule has 0 unspecified atom stereocenters. The molecule has 7 heteroatoms. The molecule has 32 heavy (non-hydrogen) atoms. The Bertz CT molecular complexity index is 1220. The molecule has 0 saturated carbocycles. The lowest BCUT2D eigenvalue weighted by Crippen LogP contribution is -2.21. The van der Waals surface area contributed by atoms with Gasteiger partial charge in [-0.3, -0.25) is 9.36 Å². The van der Waals surface area contributed by atoms with Crippen LogP contribution >= 0.6 is 11.8 Å². The molecular formula is C25H23N5OS. The summed E-state index contributed by atoms with van der Waals surface area (Å²) in [6, 6.07) is 27.8. The van der Waals surface area contributed by atoms with Gasteiger partial charge in [-0.15, -0.1) is 10.2 Å². The zero-order valence-corrected chi connectivity index (χ0v) is 18.7. The van der Waals surface area contributed by atoms with Gasteiger partial charge in [-0.25, -0.2) is 5.43 Å². The van der Waals surface area contributed by atoms with Crippen LogP contribution in [-0.2, 0) is 4.79 Å². The topological polar surface area (TPSA) is 72.2 Å². The summed E-state index contributed by atoms with van der Waals surface area (Å²) in [6.45, 7) is 3.91. The Morgan fingerprint density at radius 1 is 0.938 bits per heavy atom. The standard InChI is InChI=1S/C25H23N5OS/c1-18-13-15-21(16-14-18)24-28-29-25(30(24)22-11-7-4-8-12-22)32-17-23(31)27-26-19(2)20-9-5-3-6-10-20/h3-16H,17H2,1-2H3,(H,27,31)/b26-19-. The molecular weight excluding hydrogens is 418 g/mol. The van der Waals surface area contributed by atoms with Gasteiger partial charge in [0.05, 0.1) is 11.5 Å². The van der Waals surface area contributed by atoms with Crippen LogP contribution in [0.1, 0.15) is 18.1 Å². The van der Waals surface area contributed by atoms with Crippen molar-refractivity contribution in [2.45, 2.75) is 19.0 Å². The summed E-state index contributed by atoms with van der Waals surface area (Å²) < 4.78 is 1.97. The number of nitrogens with one attached hydrogen (secondary N) is 1. The second-order valence-electron chi connectivity index (χ2n) is 7.23. The Hall–Kier alpha value is -3.71. The molecule has 4 rings (SSSR count). The minimum atomic E-state index is -0.204. The van der Waals surface area contributed by atoms with Crippen LogP contribution in [0, 0.1) is 6.92 Å². The Morgan fingerprint density at radius 3 is 2.28 bits per heavy atom. The number of hydrazone groups is 1. The fourth-order valence-corrected chi connectivity index (χ4v) is 3.86. The predicted molar refractivity (Wildman–Crippen MR) is 129 cm³/mol. The summed E-state index contributed by atoms with van der Waals surface area (Å²) in [5, 5.41) is 13.6. The Morgan fingerprint density at radius 2 is 1.59 bits per heavy atom. The number of hydrogen-bond donors (Lipinski definition) is 1. The summed E-state index contributed by atoms with van der Waals surface area (Å²) in [5.74, 6) is 0.701. The van der Waals surface area contributed by atoms with Gasteiger partial charge in [0, 0.05) is 11.3 Å². The molecule has 0 spiro atoms. The number of carbonyl (C=O) groups excluding carboxylic acids is 1. The zero-order chi connectivity index (χ0) is 22.3. The molecule has 1 N–H and O–H groups in total. The number of rotatable bonds is 7.